The molecule has 1 atom stereocenters. The number of carbonyl (C=O) groups excluding carboxylic acids is 2. The average Bonchev–Trinajstić information content (AvgIpc) is 3.27. The Kier molecular flexibility index (Phi) is 6.10. The molecule has 5 rings (SSSR count). The van der Waals surface area contributed by atoms with Gasteiger partial charge in [0.25, 0.3) is 0 Å². The number of pyridine rings is 2. The van der Waals surface area contributed by atoms with Crippen LogP contribution in [0.4, 0.5) is 11.5 Å². The SMILES string of the molecule is CC(=O)Nc1cccc(-c2ccc3nc(-c4cccnc4N)n(-c4ccc(C(C)C(N)=O)cc4)c3n2)c1. The number of rotatable bonds is 6. The Bertz CT molecular complexity index is 1640. The highest BCUT2D eigenvalue weighted by molar-refractivity contribution is 5.90. The Morgan fingerprint density at radius 2 is 1.76 bits per heavy atom. The maximum Gasteiger partial charge on any atom is 0.224 e. The van der Waals surface area contributed by atoms with E-state index in [-0.39, 0.29) is 5.91 Å². The summed E-state index contributed by atoms with van der Waals surface area (Å²) in [5.74, 6) is -0.0132. The van der Waals surface area contributed by atoms with E-state index in [2.05, 4.69) is 10.3 Å². The van der Waals surface area contributed by atoms with Crippen LogP contribution in [-0.4, -0.2) is 31.3 Å². The van der Waals surface area contributed by atoms with Crippen molar-refractivity contribution in [3.8, 4) is 28.3 Å². The first-order chi connectivity index (χ1) is 17.8. The molecule has 2 amide bonds. The number of primary amides is 1. The number of imidazole rings is 1. The lowest BCUT2D eigenvalue weighted by Crippen LogP contribution is -2.18. The van der Waals surface area contributed by atoms with Crippen LogP contribution in [0.2, 0.25) is 0 Å². The molecule has 9 nitrogen and oxygen atoms in total. The smallest absolute Gasteiger partial charge is 0.224 e. The zero-order valence-electron chi connectivity index (χ0n) is 20.3. The van der Waals surface area contributed by atoms with Crippen molar-refractivity contribution in [3.63, 3.8) is 0 Å². The van der Waals surface area contributed by atoms with Gasteiger partial charge in [-0.3, -0.25) is 14.2 Å². The average molecular weight is 492 g/mol. The predicted octanol–water partition coefficient (Wildman–Crippen LogP) is 4.28. The van der Waals surface area contributed by atoms with Crippen molar-refractivity contribution in [3.05, 3.63) is 84.6 Å². The minimum Gasteiger partial charge on any atom is -0.383 e. The summed E-state index contributed by atoms with van der Waals surface area (Å²) in [5.41, 5.74) is 17.5. The predicted molar refractivity (Wildman–Crippen MR) is 144 cm³/mol. The number of hydrogen-bond donors (Lipinski definition) is 3. The van der Waals surface area contributed by atoms with Gasteiger partial charge in [-0.25, -0.2) is 15.0 Å². The molecular weight excluding hydrogens is 466 g/mol. The van der Waals surface area contributed by atoms with E-state index < -0.39 is 11.8 Å². The molecule has 184 valence electrons. The Labute approximate surface area is 213 Å². The van der Waals surface area contributed by atoms with Crippen molar-refractivity contribution in [2.45, 2.75) is 19.8 Å². The molecule has 2 aromatic carbocycles. The highest BCUT2D eigenvalue weighted by Crippen LogP contribution is 2.32. The first-order valence-electron chi connectivity index (χ1n) is 11.7. The topological polar surface area (TPSA) is 142 Å². The summed E-state index contributed by atoms with van der Waals surface area (Å²) in [6, 6.07) is 22.5. The highest BCUT2D eigenvalue weighted by Gasteiger charge is 2.19. The number of hydrogen-bond acceptors (Lipinski definition) is 6. The van der Waals surface area contributed by atoms with E-state index in [1.165, 1.54) is 6.92 Å². The second-order valence-corrected chi connectivity index (χ2v) is 8.72. The summed E-state index contributed by atoms with van der Waals surface area (Å²) >= 11 is 0. The fourth-order valence-corrected chi connectivity index (χ4v) is 4.19. The maximum absolute atomic E-state index is 11.7. The number of carbonyl (C=O) groups is 2. The summed E-state index contributed by atoms with van der Waals surface area (Å²) in [7, 11) is 0. The Morgan fingerprint density at radius 3 is 2.46 bits per heavy atom. The quantitative estimate of drug-likeness (QED) is 0.324. The number of nitrogens with one attached hydrogen (secondary N) is 1. The highest BCUT2D eigenvalue weighted by atomic mass is 16.1. The third-order valence-electron chi connectivity index (χ3n) is 6.14. The second-order valence-electron chi connectivity index (χ2n) is 8.72. The summed E-state index contributed by atoms with van der Waals surface area (Å²) in [5, 5.41) is 2.81. The maximum atomic E-state index is 11.7. The molecule has 0 aliphatic heterocycles. The van der Waals surface area contributed by atoms with Crippen molar-refractivity contribution < 1.29 is 9.59 Å². The van der Waals surface area contributed by atoms with Gasteiger partial charge in [-0.1, -0.05) is 24.3 Å². The fraction of sp³-hybridized carbons (Fsp3) is 0.107. The van der Waals surface area contributed by atoms with Crippen LogP contribution in [0.25, 0.3) is 39.5 Å². The Hall–Kier alpha value is -5.05. The van der Waals surface area contributed by atoms with Crippen LogP contribution in [0.1, 0.15) is 25.3 Å². The lowest BCUT2D eigenvalue weighted by Gasteiger charge is -2.13. The van der Waals surface area contributed by atoms with Crippen LogP contribution in [0.5, 0.6) is 0 Å². The van der Waals surface area contributed by atoms with Crippen molar-refractivity contribution in [2.75, 3.05) is 11.1 Å². The van der Waals surface area contributed by atoms with E-state index in [1.54, 1.807) is 19.2 Å². The molecule has 3 heterocycles. The van der Waals surface area contributed by atoms with E-state index in [9.17, 15) is 9.59 Å². The van der Waals surface area contributed by atoms with Gasteiger partial charge >= 0.3 is 0 Å². The molecular formula is C28H25N7O2. The molecule has 0 aliphatic carbocycles. The number of fused-ring (bicyclic) bond motifs is 1. The van der Waals surface area contributed by atoms with Crippen LogP contribution < -0.4 is 16.8 Å². The van der Waals surface area contributed by atoms with Gasteiger partial charge < -0.3 is 16.8 Å². The molecule has 3 aromatic heterocycles. The van der Waals surface area contributed by atoms with Gasteiger partial charge in [-0.05, 0) is 61.0 Å². The van der Waals surface area contributed by atoms with Crippen molar-refractivity contribution in [2.24, 2.45) is 5.73 Å². The van der Waals surface area contributed by atoms with Crippen molar-refractivity contribution in [1.82, 2.24) is 19.5 Å². The molecule has 9 heteroatoms. The molecule has 0 radical (unpaired) electrons. The van der Waals surface area contributed by atoms with Crippen LogP contribution in [0.15, 0.2) is 79.0 Å². The second kappa shape index (κ2) is 9.54. The van der Waals surface area contributed by atoms with Crippen molar-refractivity contribution >= 4 is 34.5 Å². The van der Waals surface area contributed by atoms with E-state index >= 15 is 0 Å². The van der Waals surface area contributed by atoms with Gasteiger partial charge in [0.1, 0.15) is 11.3 Å². The molecule has 0 saturated heterocycles. The number of nitrogens with zero attached hydrogens (tertiary/aromatic N) is 4. The van der Waals surface area contributed by atoms with Gasteiger partial charge in [-0.2, -0.15) is 0 Å². The Balaban J connectivity index is 1.70. The molecule has 5 N–H and O–H groups in total. The third kappa shape index (κ3) is 4.62. The van der Waals surface area contributed by atoms with E-state index in [1.807, 2.05) is 71.3 Å². The minimum atomic E-state index is -0.414. The number of benzene rings is 2. The Morgan fingerprint density at radius 1 is 0.973 bits per heavy atom. The van der Waals surface area contributed by atoms with Gasteiger partial charge in [0, 0.05) is 30.1 Å². The monoisotopic (exact) mass is 491 g/mol. The molecule has 1 unspecified atom stereocenters. The lowest BCUT2D eigenvalue weighted by atomic mass is 10.0. The van der Waals surface area contributed by atoms with Gasteiger partial charge in [0.2, 0.25) is 11.8 Å². The first kappa shape index (κ1) is 23.7. The standard InChI is InChI=1S/C28H25N7O2/c1-16(26(30)37)18-8-10-21(11-9-18)35-27(22-7-4-14-31-25(22)29)34-24-13-12-23(33-28(24)35)19-5-3-6-20(15-19)32-17(2)36/h3-16H,1-2H3,(H2,29,31)(H2,30,37)(H,32,36). The normalized spacial score (nSPS) is 11.8. The molecule has 0 spiro atoms. The van der Waals surface area contributed by atoms with Crippen LogP contribution in [0, 0.1) is 0 Å². The van der Waals surface area contributed by atoms with Crippen LogP contribution in [-0.2, 0) is 9.59 Å². The number of aromatic nitrogens is 4. The molecule has 5 aromatic rings. The van der Waals surface area contributed by atoms with E-state index in [4.69, 9.17) is 21.4 Å². The molecule has 0 aliphatic rings. The van der Waals surface area contributed by atoms with E-state index in [0.717, 1.165) is 16.8 Å². The largest absolute Gasteiger partial charge is 0.383 e. The van der Waals surface area contributed by atoms with Crippen molar-refractivity contribution in [1.29, 1.82) is 0 Å². The third-order valence-corrected chi connectivity index (χ3v) is 6.14. The van der Waals surface area contributed by atoms with Gasteiger partial charge in [-0.15, -0.1) is 0 Å². The van der Waals surface area contributed by atoms with Gasteiger partial charge in [0.15, 0.2) is 11.5 Å². The first-order valence-corrected chi connectivity index (χ1v) is 11.7. The fourth-order valence-electron chi connectivity index (χ4n) is 4.19. The summed E-state index contributed by atoms with van der Waals surface area (Å²) in [6.45, 7) is 3.24. The number of nitrogens with two attached hydrogens (primary N) is 2. The zero-order valence-corrected chi connectivity index (χ0v) is 20.3. The minimum absolute atomic E-state index is 0.147. The molecule has 37 heavy (non-hydrogen) atoms. The van der Waals surface area contributed by atoms with E-state index in [0.29, 0.717) is 39.8 Å². The molecule has 0 saturated carbocycles. The number of amides is 2. The van der Waals surface area contributed by atoms with Crippen LogP contribution >= 0.6 is 0 Å². The number of nitrogen functional groups attached to an aromatic ring is 1. The van der Waals surface area contributed by atoms with Crippen LogP contribution in [0.3, 0.4) is 0 Å². The summed E-state index contributed by atoms with van der Waals surface area (Å²) in [6.07, 6.45) is 1.63. The lowest BCUT2D eigenvalue weighted by molar-refractivity contribution is -0.119. The zero-order chi connectivity index (χ0) is 26.1. The summed E-state index contributed by atoms with van der Waals surface area (Å²) in [4.78, 5) is 37.2. The summed E-state index contributed by atoms with van der Waals surface area (Å²) < 4.78 is 1.92. The number of anilines is 2. The van der Waals surface area contributed by atoms with Gasteiger partial charge in [0.05, 0.1) is 17.2 Å². The molecule has 0 bridgehead atoms. The molecule has 0 fully saturated rings.